The summed E-state index contributed by atoms with van der Waals surface area (Å²) in [6.45, 7) is 5.72. The van der Waals surface area contributed by atoms with Gasteiger partial charge in [0.2, 0.25) is 0 Å². The Morgan fingerprint density at radius 3 is 2.67 bits per heavy atom. The lowest BCUT2D eigenvalue weighted by molar-refractivity contribution is 0.129. The first-order chi connectivity index (χ1) is 14.8. The van der Waals surface area contributed by atoms with Crippen molar-refractivity contribution in [2.24, 2.45) is 4.99 Å². The number of benzene rings is 2. The zero-order valence-electron chi connectivity index (χ0n) is 17.7. The number of ether oxygens (including phenoxy) is 1. The minimum Gasteiger partial charge on any atom is -0.490 e. The van der Waals surface area contributed by atoms with E-state index in [1.165, 1.54) is 0 Å². The van der Waals surface area contributed by atoms with Gasteiger partial charge in [0.1, 0.15) is 17.7 Å². The quantitative estimate of drug-likeness (QED) is 0.354. The van der Waals surface area contributed by atoms with E-state index in [2.05, 4.69) is 33.2 Å². The second-order valence-electron chi connectivity index (χ2n) is 7.66. The second kappa shape index (κ2) is 10.1. The number of nitrogens with one attached hydrogen (secondary N) is 2. The van der Waals surface area contributed by atoms with Gasteiger partial charge in [-0.05, 0) is 37.6 Å². The first kappa shape index (κ1) is 20.3. The Kier molecular flexibility index (Phi) is 6.85. The van der Waals surface area contributed by atoms with Crippen molar-refractivity contribution in [1.29, 1.82) is 0 Å². The van der Waals surface area contributed by atoms with Crippen molar-refractivity contribution in [1.82, 2.24) is 20.2 Å². The molecular formula is C24H31N5O. The molecule has 0 radical (unpaired) electrons. The average molecular weight is 406 g/mol. The van der Waals surface area contributed by atoms with Crippen molar-refractivity contribution >= 4 is 17.0 Å². The lowest BCUT2D eigenvalue weighted by Crippen LogP contribution is -2.47. The molecule has 30 heavy (non-hydrogen) atoms. The third kappa shape index (κ3) is 5.32. The van der Waals surface area contributed by atoms with Gasteiger partial charge in [-0.3, -0.25) is 4.99 Å². The molecule has 1 saturated heterocycles. The van der Waals surface area contributed by atoms with E-state index in [9.17, 15) is 0 Å². The Bertz CT molecular complexity index is 911. The number of H-pyrrole nitrogens is 1. The zero-order chi connectivity index (χ0) is 20.6. The SMILES string of the molecule is CCNC(=NCCCc1nc2ccccc2[nH]1)N1CCC(Oc2ccccc2)CC1. The van der Waals surface area contributed by atoms with Crippen LogP contribution in [0.15, 0.2) is 59.6 Å². The fourth-order valence-corrected chi connectivity index (χ4v) is 3.86. The molecule has 2 N–H and O–H groups in total. The van der Waals surface area contributed by atoms with Crippen LogP contribution in [0, 0.1) is 0 Å². The van der Waals surface area contributed by atoms with Crippen molar-refractivity contribution in [3.63, 3.8) is 0 Å². The summed E-state index contributed by atoms with van der Waals surface area (Å²) in [4.78, 5) is 15.3. The zero-order valence-corrected chi connectivity index (χ0v) is 17.7. The van der Waals surface area contributed by atoms with Crippen LogP contribution in [-0.4, -0.2) is 53.1 Å². The Balaban J connectivity index is 1.26. The molecule has 0 spiro atoms. The van der Waals surface area contributed by atoms with Crippen molar-refractivity contribution < 1.29 is 4.74 Å². The predicted molar refractivity (Wildman–Crippen MR) is 122 cm³/mol. The van der Waals surface area contributed by atoms with Gasteiger partial charge in [0.15, 0.2) is 5.96 Å². The fourth-order valence-electron chi connectivity index (χ4n) is 3.86. The van der Waals surface area contributed by atoms with Gasteiger partial charge in [0, 0.05) is 45.4 Å². The number of aromatic nitrogens is 2. The maximum absolute atomic E-state index is 6.12. The van der Waals surface area contributed by atoms with Crippen LogP contribution in [0.3, 0.4) is 0 Å². The summed E-state index contributed by atoms with van der Waals surface area (Å²) < 4.78 is 6.12. The number of piperidine rings is 1. The van der Waals surface area contributed by atoms with Crippen LogP contribution < -0.4 is 10.1 Å². The molecule has 1 fully saturated rings. The highest BCUT2D eigenvalue weighted by atomic mass is 16.5. The third-order valence-corrected chi connectivity index (χ3v) is 5.39. The van der Waals surface area contributed by atoms with Gasteiger partial charge >= 0.3 is 0 Å². The van der Waals surface area contributed by atoms with E-state index < -0.39 is 0 Å². The second-order valence-corrected chi connectivity index (χ2v) is 7.66. The van der Waals surface area contributed by atoms with Gasteiger partial charge in [-0.2, -0.15) is 0 Å². The van der Waals surface area contributed by atoms with Crippen molar-refractivity contribution in [3.8, 4) is 5.75 Å². The number of aromatic amines is 1. The normalized spacial score (nSPS) is 15.5. The summed E-state index contributed by atoms with van der Waals surface area (Å²) in [6, 6.07) is 18.3. The monoisotopic (exact) mass is 405 g/mol. The van der Waals surface area contributed by atoms with Crippen LogP contribution in [0.5, 0.6) is 5.75 Å². The van der Waals surface area contributed by atoms with Crippen LogP contribution in [0.2, 0.25) is 0 Å². The van der Waals surface area contributed by atoms with Crippen LogP contribution in [0.1, 0.15) is 32.0 Å². The summed E-state index contributed by atoms with van der Waals surface area (Å²) >= 11 is 0. The highest BCUT2D eigenvalue weighted by Gasteiger charge is 2.22. The Morgan fingerprint density at radius 2 is 1.90 bits per heavy atom. The Morgan fingerprint density at radius 1 is 1.13 bits per heavy atom. The van der Waals surface area contributed by atoms with E-state index >= 15 is 0 Å². The molecule has 0 bridgehead atoms. The highest BCUT2D eigenvalue weighted by Crippen LogP contribution is 2.19. The predicted octanol–water partition coefficient (Wildman–Crippen LogP) is 4.00. The van der Waals surface area contributed by atoms with E-state index in [-0.39, 0.29) is 6.10 Å². The number of para-hydroxylation sites is 3. The molecule has 1 aliphatic heterocycles. The lowest BCUT2D eigenvalue weighted by Gasteiger charge is -2.34. The molecule has 3 aromatic rings. The molecule has 0 unspecified atom stereocenters. The van der Waals surface area contributed by atoms with Crippen molar-refractivity contribution in [2.75, 3.05) is 26.2 Å². The van der Waals surface area contributed by atoms with Crippen LogP contribution in [-0.2, 0) is 6.42 Å². The standard InChI is InChI=1S/C24H31N5O/c1-2-25-24(26-16-8-13-23-27-21-11-6-7-12-22(21)28-23)29-17-14-20(15-18-29)30-19-9-4-3-5-10-19/h3-7,9-12,20H,2,8,13-18H2,1H3,(H,25,26)(H,27,28). The summed E-state index contributed by atoms with van der Waals surface area (Å²) in [5.41, 5.74) is 2.13. The molecule has 6 heteroatoms. The Labute approximate surface area is 178 Å². The summed E-state index contributed by atoms with van der Waals surface area (Å²) in [6.07, 6.45) is 4.18. The minimum atomic E-state index is 0.277. The van der Waals surface area contributed by atoms with Crippen LogP contribution >= 0.6 is 0 Å². The molecule has 0 saturated carbocycles. The fraction of sp³-hybridized carbons (Fsp3) is 0.417. The van der Waals surface area contributed by atoms with Gasteiger partial charge in [-0.25, -0.2) is 4.98 Å². The maximum atomic E-state index is 6.12. The van der Waals surface area contributed by atoms with Crippen molar-refractivity contribution in [2.45, 2.75) is 38.7 Å². The molecule has 1 aromatic heterocycles. The molecule has 1 aliphatic rings. The van der Waals surface area contributed by atoms with Gasteiger partial charge in [-0.1, -0.05) is 30.3 Å². The van der Waals surface area contributed by atoms with Gasteiger partial charge in [0.25, 0.3) is 0 Å². The minimum absolute atomic E-state index is 0.277. The van der Waals surface area contributed by atoms with E-state index in [4.69, 9.17) is 9.73 Å². The number of nitrogens with zero attached hydrogens (tertiary/aromatic N) is 3. The molecule has 158 valence electrons. The highest BCUT2D eigenvalue weighted by molar-refractivity contribution is 5.80. The molecule has 0 aliphatic carbocycles. The third-order valence-electron chi connectivity index (χ3n) is 5.39. The summed E-state index contributed by atoms with van der Waals surface area (Å²) in [5, 5.41) is 3.45. The molecule has 0 atom stereocenters. The number of likely N-dealkylation sites (tertiary alicyclic amines) is 1. The van der Waals surface area contributed by atoms with Crippen LogP contribution in [0.4, 0.5) is 0 Å². The number of fused-ring (bicyclic) bond motifs is 1. The first-order valence-electron chi connectivity index (χ1n) is 11.0. The Hall–Kier alpha value is -3.02. The van der Waals surface area contributed by atoms with Crippen molar-refractivity contribution in [3.05, 3.63) is 60.4 Å². The van der Waals surface area contributed by atoms with Crippen LogP contribution in [0.25, 0.3) is 11.0 Å². The number of rotatable bonds is 7. The smallest absolute Gasteiger partial charge is 0.193 e. The van der Waals surface area contributed by atoms with E-state index in [0.717, 1.165) is 80.4 Å². The average Bonchev–Trinajstić information content (AvgIpc) is 3.20. The first-order valence-corrected chi connectivity index (χ1v) is 11.0. The summed E-state index contributed by atoms with van der Waals surface area (Å²) in [7, 11) is 0. The van der Waals surface area contributed by atoms with E-state index in [0.29, 0.717) is 0 Å². The number of hydrogen-bond donors (Lipinski definition) is 2. The largest absolute Gasteiger partial charge is 0.490 e. The number of aliphatic imine (C=N–C) groups is 1. The molecule has 2 heterocycles. The number of aryl methyl sites for hydroxylation is 1. The number of hydrogen-bond acceptors (Lipinski definition) is 3. The number of imidazole rings is 1. The van der Waals surface area contributed by atoms with Gasteiger partial charge < -0.3 is 19.9 Å². The molecule has 4 rings (SSSR count). The molecule has 2 aromatic carbocycles. The summed E-state index contributed by atoms with van der Waals surface area (Å²) in [5.74, 6) is 3.01. The van der Waals surface area contributed by atoms with Gasteiger partial charge in [0.05, 0.1) is 11.0 Å². The maximum Gasteiger partial charge on any atom is 0.193 e. The molecular weight excluding hydrogens is 374 g/mol. The number of guanidine groups is 1. The molecule has 0 amide bonds. The van der Waals surface area contributed by atoms with E-state index in [1.54, 1.807) is 0 Å². The lowest BCUT2D eigenvalue weighted by atomic mass is 10.1. The van der Waals surface area contributed by atoms with E-state index in [1.807, 2.05) is 48.5 Å². The topological polar surface area (TPSA) is 65.5 Å². The van der Waals surface area contributed by atoms with Gasteiger partial charge in [-0.15, -0.1) is 0 Å². The molecule has 6 nitrogen and oxygen atoms in total.